The molecule has 1 atom stereocenters. The van der Waals surface area contributed by atoms with Crippen LogP contribution < -0.4 is 4.74 Å². The fourth-order valence-electron chi connectivity index (χ4n) is 3.17. The van der Waals surface area contributed by atoms with Crippen molar-refractivity contribution in [1.29, 1.82) is 0 Å². The smallest absolute Gasteiger partial charge is 0.122 e. The quantitative estimate of drug-likeness (QED) is 0.917. The van der Waals surface area contributed by atoms with Gasteiger partial charge < -0.3 is 9.84 Å². The summed E-state index contributed by atoms with van der Waals surface area (Å²) in [4.78, 5) is 2.40. The molecule has 1 aromatic rings. The number of methoxy groups -OCH3 is 1. The van der Waals surface area contributed by atoms with Crippen LogP contribution in [0.1, 0.15) is 49.5 Å². The van der Waals surface area contributed by atoms with E-state index >= 15 is 0 Å². The van der Waals surface area contributed by atoms with Gasteiger partial charge in [-0.3, -0.25) is 4.90 Å². The molecule has 1 aromatic carbocycles. The van der Waals surface area contributed by atoms with Gasteiger partial charge in [0.1, 0.15) is 5.75 Å². The minimum atomic E-state index is -0.481. The number of hydrogen-bond donors (Lipinski definition) is 1. The van der Waals surface area contributed by atoms with Crippen molar-refractivity contribution >= 4 is 0 Å². The Balaban J connectivity index is 2.32. The number of aliphatic hydroxyl groups excluding tert-OH is 1. The summed E-state index contributed by atoms with van der Waals surface area (Å²) in [6.07, 6.45) is 1.98. The highest BCUT2D eigenvalue weighted by atomic mass is 16.5. The fourth-order valence-corrected chi connectivity index (χ4v) is 3.17. The standard InChI is InChI=1S/C17H27NO2/c1-12-11-15(20-5)13(2)10-14(12)16(19)17(3,4)18-8-6-7-9-18/h10-11,16,19H,6-9H2,1-5H3. The lowest BCUT2D eigenvalue weighted by atomic mass is 9.86. The van der Waals surface area contributed by atoms with Gasteiger partial charge in [-0.05, 0) is 82.4 Å². The monoisotopic (exact) mass is 277 g/mol. The summed E-state index contributed by atoms with van der Waals surface area (Å²) in [5.74, 6) is 0.887. The molecule has 2 rings (SSSR count). The molecule has 0 radical (unpaired) electrons. The minimum absolute atomic E-state index is 0.234. The van der Waals surface area contributed by atoms with E-state index in [1.807, 2.05) is 19.9 Å². The van der Waals surface area contributed by atoms with Crippen LogP contribution in [0.4, 0.5) is 0 Å². The van der Waals surface area contributed by atoms with E-state index in [2.05, 4.69) is 24.8 Å². The molecule has 1 heterocycles. The molecule has 112 valence electrons. The van der Waals surface area contributed by atoms with E-state index in [0.29, 0.717) is 0 Å². The molecule has 1 fully saturated rings. The summed E-state index contributed by atoms with van der Waals surface area (Å²) in [5, 5.41) is 10.9. The van der Waals surface area contributed by atoms with Crippen LogP contribution in [0.25, 0.3) is 0 Å². The molecule has 20 heavy (non-hydrogen) atoms. The van der Waals surface area contributed by atoms with E-state index in [-0.39, 0.29) is 5.54 Å². The Morgan fingerprint density at radius 3 is 2.30 bits per heavy atom. The normalized spacial score (nSPS) is 18.3. The Morgan fingerprint density at radius 1 is 1.15 bits per heavy atom. The zero-order valence-corrected chi connectivity index (χ0v) is 13.4. The molecule has 3 nitrogen and oxygen atoms in total. The molecule has 0 amide bonds. The lowest BCUT2D eigenvalue weighted by Gasteiger charge is -2.40. The van der Waals surface area contributed by atoms with Crippen LogP contribution in [0, 0.1) is 13.8 Å². The molecular formula is C17H27NO2. The molecule has 0 saturated carbocycles. The van der Waals surface area contributed by atoms with E-state index < -0.39 is 6.10 Å². The van der Waals surface area contributed by atoms with E-state index in [1.54, 1.807) is 7.11 Å². The summed E-state index contributed by atoms with van der Waals surface area (Å²) in [6.45, 7) is 10.5. The van der Waals surface area contributed by atoms with Gasteiger partial charge in [0.05, 0.1) is 13.2 Å². The van der Waals surface area contributed by atoms with Crippen LogP contribution in [-0.4, -0.2) is 35.7 Å². The third-order valence-electron chi connectivity index (χ3n) is 4.67. The first-order valence-electron chi connectivity index (χ1n) is 7.46. The molecule has 3 heteroatoms. The van der Waals surface area contributed by atoms with E-state index in [0.717, 1.165) is 35.5 Å². The number of rotatable bonds is 4. The molecule has 1 saturated heterocycles. The van der Waals surface area contributed by atoms with Gasteiger partial charge in [-0.25, -0.2) is 0 Å². The van der Waals surface area contributed by atoms with Crippen LogP contribution in [0.2, 0.25) is 0 Å². The second-order valence-electron chi connectivity index (χ2n) is 6.43. The van der Waals surface area contributed by atoms with Crippen molar-refractivity contribution in [2.24, 2.45) is 0 Å². The molecule has 1 unspecified atom stereocenters. The van der Waals surface area contributed by atoms with E-state index in [4.69, 9.17) is 4.74 Å². The maximum Gasteiger partial charge on any atom is 0.122 e. The Kier molecular flexibility index (Phi) is 4.40. The average Bonchev–Trinajstić information content (AvgIpc) is 2.94. The first-order valence-corrected chi connectivity index (χ1v) is 7.46. The third-order valence-corrected chi connectivity index (χ3v) is 4.67. The highest BCUT2D eigenvalue weighted by Gasteiger charge is 2.37. The van der Waals surface area contributed by atoms with Crippen LogP contribution in [0.3, 0.4) is 0 Å². The van der Waals surface area contributed by atoms with Crippen LogP contribution in [-0.2, 0) is 0 Å². The van der Waals surface area contributed by atoms with Gasteiger partial charge in [0, 0.05) is 5.54 Å². The molecule has 1 aliphatic heterocycles. The van der Waals surface area contributed by atoms with E-state index in [9.17, 15) is 5.11 Å². The lowest BCUT2D eigenvalue weighted by molar-refractivity contribution is 0.000918. The van der Waals surface area contributed by atoms with Crippen molar-refractivity contribution in [3.63, 3.8) is 0 Å². The van der Waals surface area contributed by atoms with Gasteiger partial charge in [-0.15, -0.1) is 0 Å². The maximum absolute atomic E-state index is 10.9. The van der Waals surface area contributed by atoms with Crippen LogP contribution in [0.5, 0.6) is 5.75 Å². The molecule has 0 aliphatic carbocycles. The van der Waals surface area contributed by atoms with Gasteiger partial charge >= 0.3 is 0 Å². The predicted molar refractivity (Wildman–Crippen MR) is 82.3 cm³/mol. The summed E-state index contributed by atoms with van der Waals surface area (Å²) >= 11 is 0. The van der Waals surface area contributed by atoms with Crippen molar-refractivity contribution in [2.45, 2.75) is 52.2 Å². The molecule has 1 aliphatic rings. The molecule has 1 N–H and O–H groups in total. The zero-order chi connectivity index (χ0) is 14.9. The first kappa shape index (κ1) is 15.3. The van der Waals surface area contributed by atoms with Gasteiger partial charge in [-0.1, -0.05) is 0 Å². The fraction of sp³-hybridized carbons (Fsp3) is 0.647. The van der Waals surface area contributed by atoms with Gasteiger partial charge in [-0.2, -0.15) is 0 Å². The van der Waals surface area contributed by atoms with Crippen molar-refractivity contribution in [3.8, 4) is 5.75 Å². The maximum atomic E-state index is 10.9. The molecule has 0 bridgehead atoms. The summed E-state index contributed by atoms with van der Waals surface area (Å²) < 4.78 is 5.35. The zero-order valence-electron chi connectivity index (χ0n) is 13.4. The molecule has 0 aromatic heterocycles. The Morgan fingerprint density at radius 2 is 1.75 bits per heavy atom. The number of ether oxygens (including phenoxy) is 1. The second-order valence-corrected chi connectivity index (χ2v) is 6.43. The number of benzene rings is 1. The van der Waals surface area contributed by atoms with Crippen LogP contribution in [0.15, 0.2) is 12.1 Å². The minimum Gasteiger partial charge on any atom is -0.496 e. The predicted octanol–water partition coefficient (Wildman–Crippen LogP) is 3.22. The highest BCUT2D eigenvalue weighted by molar-refractivity contribution is 5.43. The van der Waals surface area contributed by atoms with Crippen molar-refractivity contribution in [2.75, 3.05) is 20.2 Å². The van der Waals surface area contributed by atoms with Crippen molar-refractivity contribution in [3.05, 3.63) is 28.8 Å². The first-order chi connectivity index (χ1) is 9.37. The van der Waals surface area contributed by atoms with E-state index in [1.165, 1.54) is 12.8 Å². The lowest BCUT2D eigenvalue weighted by Crippen LogP contribution is -2.47. The Bertz CT molecular complexity index is 476. The summed E-state index contributed by atoms with van der Waals surface area (Å²) in [5.41, 5.74) is 2.94. The topological polar surface area (TPSA) is 32.7 Å². The second kappa shape index (κ2) is 5.74. The van der Waals surface area contributed by atoms with Crippen molar-refractivity contribution in [1.82, 2.24) is 4.90 Å². The number of aliphatic hydroxyl groups is 1. The molecular weight excluding hydrogens is 250 g/mol. The SMILES string of the molecule is COc1cc(C)c(C(O)C(C)(C)N2CCCC2)cc1C. The highest BCUT2D eigenvalue weighted by Crippen LogP contribution is 2.36. The average molecular weight is 277 g/mol. The number of nitrogens with zero attached hydrogens (tertiary/aromatic N) is 1. The molecule has 0 spiro atoms. The van der Waals surface area contributed by atoms with Crippen LogP contribution >= 0.6 is 0 Å². The van der Waals surface area contributed by atoms with Gasteiger partial charge in [0.2, 0.25) is 0 Å². The van der Waals surface area contributed by atoms with Gasteiger partial charge in [0.15, 0.2) is 0 Å². The van der Waals surface area contributed by atoms with Gasteiger partial charge in [0.25, 0.3) is 0 Å². The Labute approximate surface area is 122 Å². The number of aryl methyl sites for hydroxylation is 2. The Hall–Kier alpha value is -1.06. The largest absolute Gasteiger partial charge is 0.496 e. The summed E-state index contributed by atoms with van der Waals surface area (Å²) in [6, 6.07) is 4.09. The van der Waals surface area contributed by atoms with Crippen molar-refractivity contribution < 1.29 is 9.84 Å². The number of likely N-dealkylation sites (tertiary alicyclic amines) is 1. The number of hydrogen-bond acceptors (Lipinski definition) is 3. The third kappa shape index (κ3) is 2.70. The summed E-state index contributed by atoms with van der Waals surface area (Å²) in [7, 11) is 1.69.